The lowest BCUT2D eigenvalue weighted by atomic mass is 10.2. The highest BCUT2D eigenvalue weighted by Crippen LogP contribution is 2.37. The average molecular weight is 542 g/mol. The summed E-state index contributed by atoms with van der Waals surface area (Å²) in [5, 5.41) is 18.8. The zero-order chi connectivity index (χ0) is 26.1. The van der Waals surface area contributed by atoms with Crippen molar-refractivity contribution in [2.24, 2.45) is 0 Å². The Kier molecular flexibility index (Phi) is 7.52. The molecule has 0 aliphatic carbocycles. The van der Waals surface area contributed by atoms with E-state index in [1.54, 1.807) is 16.7 Å². The van der Waals surface area contributed by atoms with Crippen LogP contribution in [0.3, 0.4) is 0 Å². The van der Waals surface area contributed by atoms with E-state index in [9.17, 15) is 9.90 Å². The van der Waals surface area contributed by atoms with Gasteiger partial charge in [0, 0.05) is 34.9 Å². The number of aromatic hydroxyl groups is 1. The van der Waals surface area contributed by atoms with Crippen molar-refractivity contribution < 1.29 is 14.3 Å². The van der Waals surface area contributed by atoms with Crippen molar-refractivity contribution >= 4 is 59.3 Å². The lowest BCUT2D eigenvalue weighted by Crippen LogP contribution is -2.41. The van der Waals surface area contributed by atoms with Gasteiger partial charge in [-0.1, -0.05) is 38.4 Å². The van der Waals surface area contributed by atoms with Crippen molar-refractivity contribution in [2.75, 3.05) is 23.8 Å². The van der Waals surface area contributed by atoms with E-state index in [2.05, 4.69) is 44.5 Å². The van der Waals surface area contributed by atoms with E-state index in [1.165, 1.54) is 11.3 Å². The standard InChI is InChI=1S/C27H32ClN3O3SSi/c1-27(2,3)36(4,5)34-16-15-29-18-9-11-19(12-10-18)31-17-21-20(26(31)33)7-6-8-22(21)30-25(32)23-13-14-24(28)35-23/h6-14,17,29,33H,15-16H2,1-5H3,(H,30,32). The first-order valence-corrected chi connectivity index (χ1v) is 15.9. The lowest BCUT2D eigenvalue weighted by molar-refractivity contribution is 0.103. The molecular weight excluding hydrogens is 510 g/mol. The fourth-order valence-electron chi connectivity index (χ4n) is 3.60. The topological polar surface area (TPSA) is 75.5 Å². The van der Waals surface area contributed by atoms with Gasteiger partial charge in [-0.25, -0.2) is 0 Å². The highest BCUT2D eigenvalue weighted by molar-refractivity contribution is 7.18. The first kappa shape index (κ1) is 26.3. The minimum Gasteiger partial charge on any atom is -0.494 e. The van der Waals surface area contributed by atoms with Crippen LogP contribution >= 0.6 is 22.9 Å². The monoisotopic (exact) mass is 541 g/mol. The summed E-state index contributed by atoms with van der Waals surface area (Å²) in [4.78, 5) is 13.2. The van der Waals surface area contributed by atoms with Crippen LogP contribution in [0.25, 0.3) is 16.5 Å². The predicted molar refractivity (Wildman–Crippen MR) is 154 cm³/mol. The molecule has 6 nitrogen and oxygen atoms in total. The molecule has 2 aromatic heterocycles. The number of rotatable bonds is 8. The SMILES string of the molecule is CC(C)(C)[Si](C)(C)OCCNc1ccc(-n2cc3c(NC(=O)c4ccc(Cl)s4)cccc3c2O)cc1. The number of fused-ring (bicyclic) bond motifs is 1. The number of nitrogens with one attached hydrogen (secondary N) is 2. The third-order valence-corrected chi connectivity index (χ3v) is 12.5. The van der Waals surface area contributed by atoms with Crippen LogP contribution in [-0.2, 0) is 4.43 Å². The summed E-state index contributed by atoms with van der Waals surface area (Å²) in [6.45, 7) is 12.6. The number of carbonyl (C=O) groups excluding carboxylic acids is 1. The number of benzene rings is 2. The average Bonchev–Trinajstić information content (AvgIpc) is 3.41. The summed E-state index contributed by atoms with van der Waals surface area (Å²) < 4.78 is 8.50. The van der Waals surface area contributed by atoms with Gasteiger partial charge in [0.1, 0.15) is 0 Å². The van der Waals surface area contributed by atoms with Crippen molar-refractivity contribution in [1.82, 2.24) is 4.57 Å². The predicted octanol–water partition coefficient (Wildman–Crippen LogP) is 7.74. The summed E-state index contributed by atoms with van der Waals surface area (Å²) in [6.07, 6.45) is 1.83. The van der Waals surface area contributed by atoms with E-state index in [4.69, 9.17) is 16.0 Å². The molecule has 0 spiro atoms. The van der Waals surface area contributed by atoms with Crippen LogP contribution in [0.1, 0.15) is 30.4 Å². The van der Waals surface area contributed by atoms with E-state index in [0.717, 1.165) is 23.3 Å². The molecule has 3 N–H and O–H groups in total. The van der Waals surface area contributed by atoms with Gasteiger partial charge in [0.25, 0.3) is 5.91 Å². The minimum atomic E-state index is -1.75. The van der Waals surface area contributed by atoms with Gasteiger partial charge in [0.05, 0.1) is 21.5 Å². The molecule has 36 heavy (non-hydrogen) atoms. The number of halogens is 1. The second-order valence-electron chi connectivity index (χ2n) is 10.2. The molecular formula is C27H32ClN3O3SSi. The number of hydrogen-bond acceptors (Lipinski definition) is 5. The number of anilines is 2. The Morgan fingerprint density at radius 3 is 2.44 bits per heavy atom. The Bertz CT molecular complexity index is 1370. The summed E-state index contributed by atoms with van der Waals surface area (Å²) in [5.41, 5.74) is 2.42. The third-order valence-electron chi connectivity index (χ3n) is 6.72. The number of aromatic nitrogens is 1. The first-order valence-electron chi connectivity index (χ1n) is 11.8. The van der Waals surface area contributed by atoms with Crippen molar-refractivity contribution in [2.45, 2.75) is 38.9 Å². The van der Waals surface area contributed by atoms with Gasteiger partial charge in [-0.05, 0) is 66.7 Å². The Labute approximate surface area is 222 Å². The van der Waals surface area contributed by atoms with Crippen molar-refractivity contribution in [3.63, 3.8) is 0 Å². The van der Waals surface area contributed by atoms with Crippen LogP contribution in [0, 0.1) is 0 Å². The zero-order valence-electron chi connectivity index (χ0n) is 21.2. The van der Waals surface area contributed by atoms with Gasteiger partial charge in [0.2, 0.25) is 5.88 Å². The van der Waals surface area contributed by atoms with Crippen LogP contribution in [0.15, 0.2) is 60.8 Å². The maximum atomic E-state index is 12.6. The Morgan fingerprint density at radius 2 is 1.81 bits per heavy atom. The number of hydrogen-bond donors (Lipinski definition) is 3. The quantitative estimate of drug-likeness (QED) is 0.157. The summed E-state index contributed by atoms with van der Waals surface area (Å²) in [7, 11) is -1.75. The molecule has 0 radical (unpaired) electrons. The van der Waals surface area contributed by atoms with Crippen molar-refractivity contribution in [3.05, 3.63) is 70.0 Å². The van der Waals surface area contributed by atoms with E-state index < -0.39 is 8.32 Å². The molecule has 0 aliphatic heterocycles. The molecule has 0 bridgehead atoms. The molecule has 0 saturated carbocycles. The molecule has 2 heterocycles. The second-order valence-corrected chi connectivity index (χ2v) is 16.8. The van der Waals surface area contributed by atoms with Crippen LogP contribution in [0.5, 0.6) is 5.88 Å². The number of nitrogens with zero attached hydrogens (tertiary/aromatic N) is 1. The maximum absolute atomic E-state index is 12.6. The summed E-state index contributed by atoms with van der Waals surface area (Å²) in [5.74, 6) is -0.122. The van der Waals surface area contributed by atoms with Crippen molar-refractivity contribution in [1.29, 1.82) is 0 Å². The lowest BCUT2D eigenvalue weighted by Gasteiger charge is -2.36. The molecule has 4 aromatic rings. The highest BCUT2D eigenvalue weighted by atomic mass is 35.5. The van der Waals surface area contributed by atoms with Crippen molar-refractivity contribution in [3.8, 4) is 11.6 Å². The van der Waals surface area contributed by atoms with Crippen LogP contribution in [0.2, 0.25) is 22.5 Å². The molecule has 0 atom stereocenters. The van der Waals surface area contributed by atoms with E-state index in [-0.39, 0.29) is 16.8 Å². The van der Waals surface area contributed by atoms with Gasteiger partial charge in [-0.2, -0.15) is 0 Å². The van der Waals surface area contributed by atoms with E-state index in [1.807, 2.05) is 48.7 Å². The summed E-state index contributed by atoms with van der Waals surface area (Å²) in [6, 6.07) is 16.7. The zero-order valence-corrected chi connectivity index (χ0v) is 23.8. The molecule has 0 unspecified atom stereocenters. The largest absolute Gasteiger partial charge is 0.494 e. The second kappa shape index (κ2) is 10.3. The molecule has 1 amide bonds. The number of carbonyl (C=O) groups is 1. The minimum absolute atomic E-state index is 0.115. The fraction of sp³-hybridized carbons (Fsp3) is 0.296. The molecule has 190 valence electrons. The van der Waals surface area contributed by atoms with Crippen LogP contribution in [0.4, 0.5) is 11.4 Å². The van der Waals surface area contributed by atoms with Crippen LogP contribution < -0.4 is 10.6 Å². The highest BCUT2D eigenvalue weighted by Gasteiger charge is 2.36. The molecule has 9 heteroatoms. The Balaban J connectivity index is 1.46. The number of amides is 1. The van der Waals surface area contributed by atoms with Gasteiger partial charge < -0.3 is 20.2 Å². The molecule has 4 rings (SSSR count). The Morgan fingerprint density at radius 1 is 1.08 bits per heavy atom. The van der Waals surface area contributed by atoms with E-state index >= 15 is 0 Å². The van der Waals surface area contributed by atoms with Gasteiger partial charge in [-0.3, -0.25) is 9.36 Å². The molecule has 2 aromatic carbocycles. The fourth-order valence-corrected chi connectivity index (χ4v) is 5.59. The van der Waals surface area contributed by atoms with Gasteiger partial charge >= 0.3 is 0 Å². The van der Waals surface area contributed by atoms with Gasteiger partial charge in [-0.15, -0.1) is 11.3 Å². The molecule has 0 aliphatic rings. The normalized spacial score (nSPS) is 12.2. The molecule has 0 saturated heterocycles. The van der Waals surface area contributed by atoms with Gasteiger partial charge in [0.15, 0.2) is 8.32 Å². The van der Waals surface area contributed by atoms with E-state index in [0.29, 0.717) is 26.9 Å². The third kappa shape index (κ3) is 5.62. The first-order chi connectivity index (χ1) is 17.0. The van der Waals surface area contributed by atoms with Crippen LogP contribution in [-0.4, -0.2) is 37.0 Å². The Hall–Kier alpha value is -2.78. The smallest absolute Gasteiger partial charge is 0.265 e. The number of thiophene rings is 1. The maximum Gasteiger partial charge on any atom is 0.265 e. The molecule has 0 fully saturated rings. The summed E-state index contributed by atoms with van der Waals surface area (Å²) >= 11 is 7.19.